The van der Waals surface area contributed by atoms with E-state index in [4.69, 9.17) is 11.6 Å². The zero-order chi connectivity index (χ0) is 18.6. The quantitative estimate of drug-likeness (QED) is 0.610. The summed E-state index contributed by atoms with van der Waals surface area (Å²) in [6, 6.07) is 22.3. The summed E-state index contributed by atoms with van der Waals surface area (Å²) >= 11 is 6.08. The molecule has 27 heavy (non-hydrogen) atoms. The van der Waals surface area contributed by atoms with Crippen LogP contribution in [0.1, 0.15) is 5.56 Å². The van der Waals surface area contributed by atoms with E-state index in [1.807, 2.05) is 53.4 Å². The minimum Gasteiger partial charge on any atom is -0.368 e. The van der Waals surface area contributed by atoms with Crippen LogP contribution in [0.25, 0.3) is 16.8 Å². The molecule has 0 radical (unpaired) electrons. The van der Waals surface area contributed by atoms with Crippen molar-refractivity contribution in [3.8, 4) is 0 Å². The first kappa shape index (κ1) is 17.6. The molecule has 1 saturated heterocycles. The summed E-state index contributed by atoms with van der Waals surface area (Å²) in [5.41, 5.74) is 2.18. The van der Waals surface area contributed by atoms with E-state index in [1.54, 1.807) is 6.08 Å². The van der Waals surface area contributed by atoms with Crippen molar-refractivity contribution in [1.29, 1.82) is 0 Å². The molecule has 1 fully saturated rings. The standard InChI is InChI=1S/C23H21ClN2O/c24-20-8-4-9-21(17-20)25-13-15-26(16-14-25)23(27)12-11-19-7-3-6-18-5-1-2-10-22(18)19/h1-12,17H,13-16H2. The van der Waals surface area contributed by atoms with Gasteiger partial charge in [0, 0.05) is 43.0 Å². The van der Waals surface area contributed by atoms with Crippen molar-refractivity contribution < 1.29 is 4.79 Å². The summed E-state index contributed by atoms with van der Waals surface area (Å²) in [6.45, 7) is 3.05. The molecule has 0 bridgehead atoms. The molecule has 0 saturated carbocycles. The van der Waals surface area contributed by atoms with Gasteiger partial charge < -0.3 is 9.80 Å². The summed E-state index contributed by atoms with van der Waals surface area (Å²) in [6.07, 6.45) is 3.62. The molecular weight excluding hydrogens is 356 g/mol. The summed E-state index contributed by atoms with van der Waals surface area (Å²) in [5, 5.41) is 3.08. The van der Waals surface area contributed by atoms with Gasteiger partial charge in [-0.1, -0.05) is 60.1 Å². The van der Waals surface area contributed by atoms with Crippen molar-refractivity contribution in [2.75, 3.05) is 31.1 Å². The van der Waals surface area contributed by atoms with Crippen molar-refractivity contribution >= 4 is 40.0 Å². The van der Waals surface area contributed by atoms with Crippen LogP contribution < -0.4 is 4.90 Å². The molecule has 0 atom stereocenters. The number of hydrogen-bond acceptors (Lipinski definition) is 2. The summed E-state index contributed by atoms with van der Waals surface area (Å²) in [7, 11) is 0. The van der Waals surface area contributed by atoms with Gasteiger partial charge in [-0.15, -0.1) is 0 Å². The third-order valence-electron chi connectivity index (χ3n) is 4.99. The van der Waals surface area contributed by atoms with Gasteiger partial charge in [0.1, 0.15) is 0 Å². The van der Waals surface area contributed by atoms with Crippen LogP contribution in [-0.4, -0.2) is 37.0 Å². The Balaban J connectivity index is 1.41. The lowest BCUT2D eigenvalue weighted by Gasteiger charge is -2.35. The maximum absolute atomic E-state index is 12.6. The maximum Gasteiger partial charge on any atom is 0.246 e. The Morgan fingerprint density at radius 3 is 2.44 bits per heavy atom. The second-order valence-electron chi connectivity index (χ2n) is 6.69. The number of benzene rings is 3. The lowest BCUT2D eigenvalue weighted by Crippen LogP contribution is -2.48. The van der Waals surface area contributed by atoms with Crippen LogP contribution in [0.2, 0.25) is 5.02 Å². The van der Waals surface area contributed by atoms with Crippen LogP contribution in [0.5, 0.6) is 0 Å². The van der Waals surface area contributed by atoms with Crippen molar-refractivity contribution in [1.82, 2.24) is 4.90 Å². The number of nitrogens with zero attached hydrogens (tertiary/aromatic N) is 2. The second-order valence-corrected chi connectivity index (χ2v) is 7.13. The van der Waals surface area contributed by atoms with Crippen LogP contribution in [0, 0.1) is 0 Å². The smallest absolute Gasteiger partial charge is 0.246 e. The van der Waals surface area contributed by atoms with Gasteiger partial charge in [0.05, 0.1) is 0 Å². The molecule has 0 spiro atoms. The Morgan fingerprint density at radius 2 is 1.63 bits per heavy atom. The minimum atomic E-state index is 0.0636. The number of hydrogen-bond donors (Lipinski definition) is 0. The number of carbonyl (C=O) groups is 1. The van der Waals surface area contributed by atoms with Crippen molar-refractivity contribution in [2.45, 2.75) is 0 Å². The van der Waals surface area contributed by atoms with Gasteiger partial charge in [-0.25, -0.2) is 0 Å². The van der Waals surface area contributed by atoms with Gasteiger partial charge in [-0.3, -0.25) is 4.79 Å². The molecule has 0 unspecified atom stereocenters. The SMILES string of the molecule is O=C(C=Cc1cccc2ccccc12)N1CCN(c2cccc(Cl)c2)CC1. The molecule has 1 amide bonds. The molecule has 4 heteroatoms. The molecule has 0 aromatic heterocycles. The van der Waals surface area contributed by atoms with Gasteiger partial charge in [0.15, 0.2) is 0 Å². The average Bonchev–Trinajstić information content (AvgIpc) is 2.72. The lowest BCUT2D eigenvalue weighted by molar-refractivity contribution is -0.126. The molecule has 1 heterocycles. The topological polar surface area (TPSA) is 23.6 Å². The van der Waals surface area contributed by atoms with Crippen molar-refractivity contribution in [3.63, 3.8) is 0 Å². The predicted octanol–water partition coefficient (Wildman–Crippen LogP) is 4.86. The van der Waals surface area contributed by atoms with E-state index in [0.717, 1.165) is 34.7 Å². The molecule has 3 nitrogen and oxygen atoms in total. The number of carbonyl (C=O) groups excluding carboxylic acids is 1. The Labute approximate surface area is 164 Å². The number of rotatable bonds is 3. The van der Waals surface area contributed by atoms with Gasteiger partial charge in [-0.05, 0) is 40.6 Å². The molecule has 1 aliphatic rings. The Hall–Kier alpha value is -2.78. The van der Waals surface area contributed by atoms with Crippen LogP contribution >= 0.6 is 11.6 Å². The summed E-state index contributed by atoms with van der Waals surface area (Å²) in [4.78, 5) is 16.8. The highest BCUT2D eigenvalue weighted by Gasteiger charge is 2.19. The fourth-order valence-electron chi connectivity index (χ4n) is 3.52. The van der Waals surface area contributed by atoms with E-state index in [2.05, 4.69) is 29.2 Å². The Morgan fingerprint density at radius 1 is 0.889 bits per heavy atom. The monoisotopic (exact) mass is 376 g/mol. The highest BCUT2D eigenvalue weighted by Crippen LogP contribution is 2.22. The van der Waals surface area contributed by atoms with E-state index >= 15 is 0 Å². The zero-order valence-electron chi connectivity index (χ0n) is 15.0. The van der Waals surface area contributed by atoms with Gasteiger partial charge in [0.25, 0.3) is 0 Å². The number of halogens is 1. The Bertz CT molecular complexity index is 985. The minimum absolute atomic E-state index is 0.0636. The third kappa shape index (κ3) is 3.99. The van der Waals surface area contributed by atoms with E-state index in [1.165, 1.54) is 5.39 Å². The Kier molecular flexibility index (Phi) is 5.12. The molecule has 3 aromatic carbocycles. The van der Waals surface area contributed by atoms with Gasteiger partial charge in [0.2, 0.25) is 5.91 Å². The van der Waals surface area contributed by atoms with Crippen LogP contribution in [-0.2, 0) is 4.79 Å². The highest BCUT2D eigenvalue weighted by atomic mass is 35.5. The molecule has 4 rings (SSSR count). The van der Waals surface area contributed by atoms with E-state index in [-0.39, 0.29) is 5.91 Å². The van der Waals surface area contributed by atoms with E-state index in [0.29, 0.717) is 13.1 Å². The lowest BCUT2D eigenvalue weighted by atomic mass is 10.0. The van der Waals surface area contributed by atoms with E-state index < -0.39 is 0 Å². The summed E-state index contributed by atoms with van der Waals surface area (Å²) in [5.74, 6) is 0.0636. The number of anilines is 1. The van der Waals surface area contributed by atoms with Crippen LogP contribution in [0.15, 0.2) is 72.8 Å². The van der Waals surface area contributed by atoms with Crippen LogP contribution in [0.3, 0.4) is 0 Å². The first-order valence-corrected chi connectivity index (χ1v) is 9.54. The molecule has 0 N–H and O–H groups in total. The average molecular weight is 377 g/mol. The highest BCUT2D eigenvalue weighted by molar-refractivity contribution is 6.30. The second kappa shape index (κ2) is 7.85. The fraction of sp³-hybridized carbons (Fsp3) is 0.174. The molecule has 136 valence electrons. The number of fused-ring (bicyclic) bond motifs is 1. The van der Waals surface area contributed by atoms with Crippen molar-refractivity contribution in [2.24, 2.45) is 0 Å². The summed E-state index contributed by atoms with van der Waals surface area (Å²) < 4.78 is 0. The predicted molar refractivity (Wildman–Crippen MR) is 113 cm³/mol. The fourth-order valence-corrected chi connectivity index (χ4v) is 3.70. The third-order valence-corrected chi connectivity index (χ3v) is 5.23. The van der Waals surface area contributed by atoms with Crippen molar-refractivity contribution in [3.05, 3.63) is 83.4 Å². The maximum atomic E-state index is 12.6. The van der Waals surface area contributed by atoms with Gasteiger partial charge >= 0.3 is 0 Å². The normalized spacial score (nSPS) is 14.9. The van der Waals surface area contributed by atoms with E-state index in [9.17, 15) is 4.79 Å². The first-order chi connectivity index (χ1) is 13.2. The van der Waals surface area contributed by atoms with Gasteiger partial charge in [-0.2, -0.15) is 0 Å². The van der Waals surface area contributed by atoms with Crippen LogP contribution in [0.4, 0.5) is 5.69 Å². The first-order valence-electron chi connectivity index (χ1n) is 9.16. The molecule has 0 aliphatic carbocycles. The molecule has 3 aromatic rings. The molecule has 1 aliphatic heterocycles. The number of amides is 1. The number of piperazine rings is 1. The zero-order valence-corrected chi connectivity index (χ0v) is 15.8. The molecular formula is C23H21ClN2O. The largest absolute Gasteiger partial charge is 0.368 e.